The van der Waals surface area contributed by atoms with Crippen molar-refractivity contribution in [1.29, 1.82) is 0 Å². The van der Waals surface area contributed by atoms with Gasteiger partial charge in [0.25, 0.3) is 0 Å². The molecule has 1 nitrogen and oxygen atoms in total. The van der Waals surface area contributed by atoms with Gasteiger partial charge in [-0.1, -0.05) is 98.3 Å². The number of unbranched alkanes of at least 4 members (excludes halogenated alkanes) is 1. The molecule has 0 bridgehead atoms. The topological polar surface area (TPSA) is 3.24 Å². The zero-order chi connectivity index (χ0) is 25.6. The minimum absolute atomic E-state index is 0.228. The lowest BCUT2D eigenvalue weighted by molar-refractivity contribution is 0.626. The van der Waals surface area contributed by atoms with Gasteiger partial charge >= 0.3 is 0 Å². The number of rotatable bonds is 9. The maximum absolute atomic E-state index is 14.0. The van der Waals surface area contributed by atoms with Gasteiger partial charge in [0.15, 0.2) is 0 Å². The predicted octanol–water partition coefficient (Wildman–Crippen LogP) is 9.09. The molecule has 5 heteroatoms. The number of halogens is 2. The zero-order valence-electron chi connectivity index (χ0n) is 21.2. The fourth-order valence-electron chi connectivity index (χ4n) is 5.31. The minimum atomic E-state index is -0.967. The molecule has 0 radical (unpaired) electrons. The van der Waals surface area contributed by atoms with Crippen LogP contribution < -0.4 is 10.6 Å². The monoisotopic (exact) mass is 531 g/mol. The van der Waals surface area contributed by atoms with E-state index < -0.39 is 16.1 Å². The van der Waals surface area contributed by atoms with Crippen LogP contribution in [0.25, 0.3) is 0 Å². The van der Waals surface area contributed by atoms with Crippen LogP contribution in [-0.4, -0.2) is 11.0 Å². The highest BCUT2D eigenvalue weighted by Crippen LogP contribution is 2.76. The summed E-state index contributed by atoms with van der Waals surface area (Å²) in [6.45, 7) is 3.21. The Morgan fingerprint density at radius 3 is 1.51 bits per heavy atom. The highest BCUT2D eigenvalue weighted by atomic mass is 31.2. The van der Waals surface area contributed by atoms with E-state index in [0.717, 1.165) is 42.8 Å². The average molecular weight is 532 g/mol. The Bertz CT molecular complexity index is 1160. The van der Waals surface area contributed by atoms with E-state index in [1.807, 2.05) is 24.3 Å². The molecule has 0 aromatic heterocycles. The van der Waals surface area contributed by atoms with Crippen molar-refractivity contribution in [3.8, 4) is 0 Å². The summed E-state index contributed by atoms with van der Waals surface area (Å²) in [7, 11) is -1.59. The molecule has 1 fully saturated rings. The van der Waals surface area contributed by atoms with Crippen molar-refractivity contribution in [3.63, 3.8) is 0 Å². The van der Waals surface area contributed by atoms with E-state index in [9.17, 15) is 8.78 Å². The molecular formula is C32H33F2NP2. The molecule has 4 aromatic rings. The molecule has 0 amide bonds. The lowest BCUT2D eigenvalue weighted by atomic mass is 10.0. The molecule has 0 spiro atoms. The maximum Gasteiger partial charge on any atom is 0.123 e. The molecule has 0 N–H and O–H groups in total. The van der Waals surface area contributed by atoms with Crippen molar-refractivity contribution in [3.05, 3.63) is 132 Å². The van der Waals surface area contributed by atoms with Crippen LogP contribution in [0.3, 0.4) is 0 Å². The first kappa shape index (κ1) is 26.2. The molecule has 0 unspecified atom stereocenters. The number of nitrogens with zero attached hydrogens (tertiary/aromatic N) is 1. The summed E-state index contributed by atoms with van der Waals surface area (Å²) in [6.07, 6.45) is 4.48. The second-order valence-electron chi connectivity index (χ2n) is 9.52. The van der Waals surface area contributed by atoms with Crippen LogP contribution in [-0.2, 0) is 0 Å². The fraction of sp³-hybridized carbons (Fsp3) is 0.250. The summed E-state index contributed by atoms with van der Waals surface area (Å²) in [5.41, 5.74) is 3.71. The highest BCUT2D eigenvalue weighted by molar-refractivity contribution is 7.79. The van der Waals surface area contributed by atoms with Crippen LogP contribution in [0, 0.1) is 11.6 Å². The van der Waals surface area contributed by atoms with Crippen molar-refractivity contribution in [2.24, 2.45) is 0 Å². The molecule has 2 atom stereocenters. The molecule has 0 aliphatic carbocycles. The molecular weight excluding hydrogens is 498 g/mol. The van der Waals surface area contributed by atoms with Crippen LogP contribution >= 0.6 is 16.1 Å². The summed E-state index contributed by atoms with van der Waals surface area (Å²) in [5.74, 6) is -0.456. The van der Waals surface area contributed by atoms with Crippen LogP contribution in [0.2, 0.25) is 0 Å². The first-order valence-electron chi connectivity index (χ1n) is 13.1. The molecule has 37 heavy (non-hydrogen) atoms. The Morgan fingerprint density at radius 2 is 1.11 bits per heavy atom. The van der Waals surface area contributed by atoms with E-state index in [1.165, 1.54) is 11.1 Å². The van der Waals surface area contributed by atoms with Gasteiger partial charge in [-0.3, -0.25) is 4.44 Å². The highest BCUT2D eigenvalue weighted by Gasteiger charge is 2.44. The fourth-order valence-corrected chi connectivity index (χ4v) is 12.8. The molecule has 0 saturated carbocycles. The van der Waals surface area contributed by atoms with E-state index in [1.54, 1.807) is 24.3 Å². The summed E-state index contributed by atoms with van der Waals surface area (Å²) >= 11 is 0. The van der Waals surface area contributed by atoms with Crippen molar-refractivity contribution >= 4 is 26.8 Å². The third-order valence-electron chi connectivity index (χ3n) is 7.07. The Labute approximate surface area is 222 Å². The summed E-state index contributed by atoms with van der Waals surface area (Å²) in [6, 6.07) is 35.9. The van der Waals surface area contributed by atoms with E-state index in [0.29, 0.717) is 11.3 Å². The van der Waals surface area contributed by atoms with E-state index in [4.69, 9.17) is 0 Å². The van der Waals surface area contributed by atoms with Crippen LogP contribution in [0.1, 0.15) is 55.1 Å². The van der Waals surface area contributed by atoms with Crippen molar-refractivity contribution in [2.75, 3.05) is 6.54 Å². The van der Waals surface area contributed by atoms with Gasteiger partial charge < -0.3 is 0 Å². The van der Waals surface area contributed by atoms with Gasteiger partial charge in [-0.15, -0.1) is 0 Å². The Hall–Kier alpha value is -2.44. The third-order valence-corrected chi connectivity index (χ3v) is 13.6. The normalized spacial score (nSPS) is 18.1. The van der Waals surface area contributed by atoms with Gasteiger partial charge in [-0.05, 0) is 73.3 Å². The third kappa shape index (κ3) is 6.01. The molecule has 1 aliphatic heterocycles. The van der Waals surface area contributed by atoms with Crippen LogP contribution in [0.15, 0.2) is 109 Å². The first-order valence-corrected chi connectivity index (χ1v) is 15.9. The summed E-state index contributed by atoms with van der Waals surface area (Å²) in [4.78, 5) is 0. The number of hydrogen-bond acceptors (Lipinski definition) is 1. The molecule has 190 valence electrons. The van der Waals surface area contributed by atoms with Gasteiger partial charge in [0.1, 0.15) is 11.6 Å². The van der Waals surface area contributed by atoms with Crippen molar-refractivity contribution < 1.29 is 8.78 Å². The lowest BCUT2D eigenvalue weighted by Gasteiger charge is -2.42. The van der Waals surface area contributed by atoms with Gasteiger partial charge in [0, 0.05) is 25.9 Å². The zero-order valence-corrected chi connectivity index (χ0v) is 23.0. The Balaban J connectivity index is 1.67. The lowest BCUT2D eigenvalue weighted by Crippen LogP contribution is -2.28. The first-order chi connectivity index (χ1) is 18.2. The van der Waals surface area contributed by atoms with E-state index in [2.05, 4.69) is 72.0 Å². The standard InChI is InChI=1S/C32H33F2NP2/c1-2-3-24-35(36(29-18-14-27(33)15-19-29)30-20-16-28(34)17-21-30)37-31(25-10-6-4-7-11-25)22-23-32(37)26-12-8-5-9-13-26/h4-21,31-32H,2-3,22-24H2,1H3/t31-,32-/m0/s1. The quantitative estimate of drug-likeness (QED) is 0.195. The molecule has 5 rings (SSSR count). The van der Waals surface area contributed by atoms with Gasteiger partial charge in [0.05, 0.1) is 0 Å². The molecule has 1 saturated heterocycles. The van der Waals surface area contributed by atoms with Crippen molar-refractivity contribution in [2.45, 2.75) is 43.9 Å². The smallest absolute Gasteiger partial charge is 0.123 e. The second-order valence-corrected chi connectivity index (χ2v) is 14.5. The Kier molecular flexibility index (Phi) is 8.78. The van der Waals surface area contributed by atoms with Gasteiger partial charge in [-0.25, -0.2) is 8.78 Å². The van der Waals surface area contributed by atoms with Crippen LogP contribution in [0.4, 0.5) is 8.78 Å². The summed E-state index contributed by atoms with van der Waals surface area (Å²) < 4.78 is 30.8. The molecule has 1 aliphatic rings. The van der Waals surface area contributed by atoms with Crippen LogP contribution in [0.5, 0.6) is 0 Å². The largest absolute Gasteiger partial charge is 0.251 e. The van der Waals surface area contributed by atoms with Gasteiger partial charge in [0.2, 0.25) is 0 Å². The van der Waals surface area contributed by atoms with E-state index in [-0.39, 0.29) is 11.6 Å². The molecule has 1 heterocycles. The maximum atomic E-state index is 14.0. The minimum Gasteiger partial charge on any atom is -0.251 e. The Morgan fingerprint density at radius 1 is 0.676 bits per heavy atom. The van der Waals surface area contributed by atoms with Gasteiger partial charge in [-0.2, -0.15) is 0 Å². The van der Waals surface area contributed by atoms with E-state index >= 15 is 0 Å². The average Bonchev–Trinajstić information content (AvgIpc) is 3.38. The summed E-state index contributed by atoms with van der Waals surface area (Å²) in [5, 5.41) is 2.24. The molecule has 4 aromatic carbocycles. The number of hydrogen-bond donors (Lipinski definition) is 0. The SMILES string of the molecule is CCCCN(P(c1ccc(F)cc1)c1ccc(F)cc1)P1[C@H](c2ccccc2)CC[C@H]1c1ccccc1. The van der Waals surface area contributed by atoms with Crippen molar-refractivity contribution in [1.82, 2.24) is 4.44 Å². The second kappa shape index (κ2) is 12.4. The number of benzene rings is 4. The predicted molar refractivity (Wildman–Crippen MR) is 155 cm³/mol.